The molecule has 1 unspecified atom stereocenters. The van der Waals surface area contributed by atoms with E-state index in [2.05, 4.69) is 43.6 Å². The summed E-state index contributed by atoms with van der Waals surface area (Å²) in [6, 6.07) is 9.69. The second-order valence-electron chi connectivity index (χ2n) is 5.37. The summed E-state index contributed by atoms with van der Waals surface area (Å²) in [5.74, 6) is 0.960. The Morgan fingerprint density at radius 1 is 1.35 bits per heavy atom. The van der Waals surface area contributed by atoms with Gasteiger partial charge in [-0.15, -0.1) is 0 Å². The van der Waals surface area contributed by atoms with Gasteiger partial charge < -0.3 is 5.32 Å². The highest BCUT2D eigenvalue weighted by molar-refractivity contribution is 5.26. The molecule has 0 saturated heterocycles. The van der Waals surface area contributed by atoms with Gasteiger partial charge in [-0.05, 0) is 36.9 Å². The van der Waals surface area contributed by atoms with E-state index in [1.54, 1.807) is 0 Å². The molecule has 1 fully saturated rings. The van der Waals surface area contributed by atoms with E-state index >= 15 is 0 Å². The van der Waals surface area contributed by atoms with E-state index in [4.69, 9.17) is 0 Å². The molecule has 1 aromatic carbocycles. The predicted octanol–water partition coefficient (Wildman–Crippen LogP) is 4.09. The van der Waals surface area contributed by atoms with Crippen LogP contribution < -0.4 is 5.32 Å². The molecule has 0 bridgehead atoms. The summed E-state index contributed by atoms with van der Waals surface area (Å²) in [4.78, 5) is 0. The Morgan fingerprint density at radius 3 is 2.76 bits per heavy atom. The van der Waals surface area contributed by atoms with E-state index in [0.717, 1.165) is 5.92 Å². The molecule has 17 heavy (non-hydrogen) atoms. The largest absolute Gasteiger partial charge is 0.313 e. The van der Waals surface area contributed by atoms with Gasteiger partial charge >= 0.3 is 0 Å². The van der Waals surface area contributed by atoms with Gasteiger partial charge in [0.15, 0.2) is 0 Å². The zero-order chi connectivity index (χ0) is 12.1. The summed E-state index contributed by atoms with van der Waals surface area (Å²) in [6.07, 6.45) is 8.06. The first kappa shape index (κ1) is 12.6. The predicted molar refractivity (Wildman–Crippen MR) is 74.2 cm³/mol. The maximum absolute atomic E-state index is 3.49. The third-order valence-electron chi connectivity index (χ3n) is 4.03. The first-order valence-corrected chi connectivity index (χ1v) is 7.09. The molecule has 0 spiro atoms. The van der Waals surface area contributed by atoms with Crippen LogP contribution in [0.25, 0.3) is 0 Å². The molecule has 1 N–H and O–H groups in total. The van der Waals surface area contributed by atoms with Crippen LogP contribution in [0.1, 0.15) is 56.2 Å². The second kappa shape index (κ2) is 6.20. The lowest BCUT2D eigenvalue weighted by molar-refractivity contribution is 0.265. The molecule has 1 aromatic rings. The van der Waals surface area contributed by atoms with Gasteiger partial charge in [-0.3, -0.25) is 0 Å². The van der Waals surface area contributed by atoms with Crippen LogP contribution in [-0.2, 0) is 6.42 Å². The van der Waals surface area contributed by atoms with Crippen molar-refractivity contribution in [3.63, 3.8) is 0 Å². The summed E-state index contributed by atoms with van der Waals surface area (Å²) in [5.41, 5.74) is 2.96. The van der Waals surface area contributed by atoms with Crippen molar-refractivity contribution in [2.24, 2.45) is 5.92 Å². The molecule has 0 heterocycles. The van der Waals surface area contributed by atoms with Crippen molar-refractivity contribution in [1.29, 1.82) is 0 Å². The van der Waals surface area contributed by atoms with Crippen molar-refractivity contribution in [3.8, 4) is 0 Å². The van der Waals surface area contributed by atoms with Gasteiger partial charge in [0, 0.05) is 6.04 Å². The van der Waals surface area contributed by atoms with E-state index in [0.29, 0.717) is 6.04 Å². The Kier molecular flexibility index (Phi) is 4.61. The molecule has 1 aliphatic rings. The summed E-state index contributed by atoms with van der Waals surface area (Å²) in [5, 5.41) is 3.49. The Balaban J connectivity index is 2.03. The van der Waals surface area contributed by atoms with Gasteiger partial charge in [0.1, 0.15) is 0 Å². The number of benzene rings is 1. The molecule has 0 radical (unpaired) electrons. The van der Waals surface area contributed by atoms with Crippen LogP contribution in [0.4, 0.5) is 0 Å². The van der Waals surface area contributed by atoms with Crippen molar-refractivity contribution in [2.45, 2.75) is 51.5 Å². The Labute approximate surface area is 106 Å². The average molecular weight is 231 g/mol. The number of rotatable bonds is 6. The summed E-state index contributed by atoms with van der Waals surface area (Å²) < 4.78 is 0. The minimum Gasteiger partial charge on any atom is -0.313 e. The molecule has 1 heteroatoms. The summed E-state index contributed by atoms with van der Waals surface area (Å²) >= 11 is 0. The van der Waals surface area contributed by atoms with Crippen LogP contribution in [0.2, 0.25) is 0 Å². The maximum atomic E-state index is 3.49. The molecule has 1 aliphatic carbocycles. The van der Waals surface area contributed by atoms with Crippen molar-refractivity contribution >= 4 is 0 Å². The van der Waals surface area contributed by atoms with Gasteiger partial charge in [0.25, 0.3) is 0 Å². The summed E-state index contributed by atoms with van der Waals surface area (Å²) in [7, 11) is 2.09. The molecule has 2 rings (SSSR count). The van der Waals surface area contributed by atoms with E-state index in [1.165, 1.54) is 49.7 Å². The zero-order valence-electron chi connectivity index (χ0n) is 11.2. The standard InChI is InChI=1S/C16H25N/c1-3-6-13-9-5-10-15(11-13)16(17-2)12-14-7-4-8-14/h5,9-11,14,16-17H,3-4,6-8,12H2,1-2H3. The Morgan fingerprint density at radius 2 is 2.18 bits per heavy atom. The minimum atomic E-state index is 0.553. The lowest BCUT2D eigenvalue weighted by Gasteiger charge is -2.30. The first-order valence-electron chi connectivity index (χ1n) is 7.09. The van der Waals surface area contributed by atoms with Crippen molar-refractivity contribution < 1.29 is 0 Å². The van der Waals surface area contributed by atoms with Crippen LogP contribution in [0, 0.1) is 5.92 Å². The quantitative estimate of drug-likeness (QED) is 0.777. The SMILES string of the molecule is CCCc1cccc(C(CC2CCC2)NC)c1. The van der Waals surface area contributed by atoms with Gasteiger partial charge in [-0.1, -0.05) is 56.9 Å². The smallest absolute Gasteiger partial charge is 0.0320 e. The van der Waals surface area contributed by atoms with Crippen LogP contribution in [-0.4, -0.2) is 7.05 Å². The lowest BCUT2D eigenvalue weighted by Crippen LogP contribution is -2.23. The van der Waals surface area contributed by atoms with Gasteiger partial charge in [-0.2, -0.15) is 0 Å². The molecule has 0 amide bonds. The number of hydrogen-bond donors (Lipinski definition) is 1. The van der Waals surface area contributed by atoms with E-state index in [9.17, 15) is 0 Å². The van der Waals surface area contributed by atoms with E-state index in [1.807, 2.05) is 0 Å². The fourth-order valence-electron chi connectivity index (χ4n) is 2.74. The molecule has 94 valence electrons. The lowest BCUT2D eigenvalue weighted by atomic mass is 9.79. The third-order valence-corrected chi connectivity index (χ3v) is 4.03. The molecule has 1 nitrogen and oxygen atoms in total. The monoisotopic (exact) mass is 231 g/mol. The zero-order valence-corrected chi connectivity index (χ0v) is 11.2. The van der Waals surface area contributed by atoms with Crippen LogP contribution in [0.3, 0.4) is 0 Å². The highest BCUT2D eigenvalue weighted by atomic mass is 14.9. The Hall–Kier alpha value is -0.820. The van der Waals surface area contributed by atoms with Gasteiger partial charge in [-0.25, -0.2) is 0 Å². The number of aryl methyl sites for hydroxylation is 1. The van der Waals surface area contributed by atoms with E-state index in [-0.39, 0.29) is 0 Å². The fourth-order valence-corrected chi connectivity index (χ4v) is 2.74. The highest BCUT2D eigenvalue weighted by Crippen LogP contribution is 2.34. The second-order valence-corrected chi connectivity index (χ2v) is 5.37. The van der Waals surface area contributed by atoms with Crippen molar-refractivity contribution in [1.82, 2.24) is 5.32 Å². The van der Waals surface area contributed by atoms with Crippen LogP contribution in [0.5, 0.6) is 0 Å². The summed E-state index contributed by atoms with van der Waals surface area (Å²) in [6.45, 7) is 2.25. The average Bonchev–Trinajstić information content (AvgIpc) is 2.29. The fraction of sp³-hybridized carbons (Fsp3) is 0.625. The minimum absolute atomic E-state index is 0.553. The topological polar surface area (TPSA) is 12.0 Å². The molecule has 0 aliphatic heterocycles. The first-order chi connectivity index (χ1) is 8.33. The van der Waals surface area contributed by atoms with Gasteiger partial charge in [0.05, 0.1) is 0 Å². The number of hydrogen-bond acceptors (Lipinski definition) is 1. The molecular formula is C16H25N. The third kappa shape index (κ3) is 3.32. The number of nitrogens with one attached hydrogen (secondary N) is 1. The Bertz CT molecular complexity index is 341. The molecule has 1 atom stereocenters. The normalized spacial score (nSPS) is 17.8. The van der Waals surface area contributed by atoms with E-state index < -0.39 is 0 Å². The molecular weight excluding hydrogens is 206 g/mol. The highest BCUT2D eigenvalue weighted by Gasteiger charge is 2.22. The van der Waals surface area contributed by atoms with Crippen molar-refractivity contribution in [2.75, 3.05) is 7.05 Å². The maximum Gasteiger partial charge on any atom is 0.0320 e. The van der Waals surface area contributed by atoms with Crippen LogP contribution in [0.15, 0.2) is 24.3 Å². The van der Waals surface area contributed by atoms with Crippen molar-refractivity contribution in [3.05, 3.63) is 35.4 Å². The van der Waals surface area contributed by atoms with Gasteiger partial charge in [0.2, 0.25) is 0 Å². The van der Waals surface area contributed by atoms with Crippen LogP contribution >= 0.6 is 0 Å². The molecule has 1 saturated carbocycles. The molecule has 0 aromatic heterocycles.